The topological polar surface area (TPSA) is 47.3 Å². The van der Waals surface area contributed by atoms with Gasteiger partial charge in [-0.15, -0.1) is 0 Å². The first-order valence-corrected chi connectivity index (χ1v) is 8.43. The summed E-state index contributed by atoms with van der Waals surface area (Å²) < 4.78 is 7.03. The van der Waals surface area contributed by atoms with Gasteiger partial charge in [-0.2, -0.15) is 5.10 Å². The number of aliphatic hydroxyl groups is 1. The molecule has 4 saturated carbocycles. The number of ether oxygens (including phenoxy) is 1. The van der Waals surface area contributed by atoms with Crippen LogP contribution in [0.4, 0.5) is 0 Å². The minimum absolute atomic E-state index is 0.351. The van der Waals surface area contributed by atoms with Crippen LogP contribution in [0.2, 0.25) is 5.02 Å². The average Bonchev–Trinajstić information content (AvgIpc) is 2.83. The lowest BCUT2D eigenvalue weighted by Gasteiger charge is -2.58. The van der Waals surface area contributed by atoms with Crippen LogP contribution in [-0.4, -0.2) is 28.6 Å². The molecular weight excluding hydrogens is 288 g/mol. The van der Waals surface area contributed by atoms with Gasteiger partial charge < -0.3 is 9.84 Å². The monoisotopic (exact) mass is 310 g/mol. The van der Waals surface area contributed by atoms with Gasteiger partial charge >= 0.3 is 0 Å². The molecule has 0 atom stereocenters. The minimum atomic E-state index is -0.783. The molecule has 1 heterocycles. The smallest absolute Gasteiger partial charge is 0.113 e. The summed E-state index contributed by atoms with van der Waals surface area (Å²) in [5.41, 5.74) is 0.0596. The fourth-order valence-corrected chi connectivity index (χ4v) is 5.69. The second-order valence-electron chi connectivity index (χ2n) is 7.19. The standard InChI is InChI=1S/C16H23ClN2O2/c1-21-3-2-19-15(14(17)9-18-19)16(20)12-5-10-4-11(7-12)8-13(16)6-10/h9-13,20H,2-8H2,1H3. The summed E-state index contributed by atoms with van der Waals surface area (Å²) >= 11 is 6.42. The molecule has 21 heavy (non-hydrogen) atoms. The Bertz CT molecular complexity index is 514. The highest BCUT2D eigenvalue weighted by molar-refractivity contribution is 6.31. The van der Waals surface area contributed by atoms with Gasteiger partial charge in [0.2, 0.25) is 0 Å². The van der Waals surface area contributed by atoms with E-state index in [4.69, 9.17) is 16.3 Å². The van der Waals surface area contributed by atoms with Crippen LogP contribution in [0.15, 0.2) is 6.20 Å². The van der Waals surface area contributed by atoms with E-state index in [0.29, 0.717) is 30.0 Å². The first-order chi connectivity index (χ1) is 10.1. The molecule has 0 aromatic carbocycles. The predicted molar refractivity (Wildman–Crippen MR) is 80.1 cm³/mol. The van der Waals surface area contributed by atoms with Crippen molar-refractivity contribution in [2.45, 2.75) is 44.2 Å². The second-order valence-corrected chi connectivity index (χ2v) is 7.59. The van der Waals surface area contributed by atoms with Gasteiger partial charge in [-0.05, 0) is 55.8 Å². The molecular formula is C16H23ClN2O2. The molecule has 1 N–H and O–H groups in total. The number of hydrogen-bond donors (Lipinski definition) is 1. The molecule has 4 nitrogen and oxygen atoms in total. The summed E-state index contributed by atoms with van der Waals surface area (Å²) in [6.07, 6.45) is 7.64. The van der Waals surface area contributed by atoms with Crippen molar-refractivity contribution in [1.29, 1.82) is 0 Å². The minimum Gasteiger partial charge on any atom is -0.383 e. The van der Waals surface area contributed by atoms with Gasteiger partial charge in [0.05, 0.1) is 30.1 Å². The van der Waals surface area contributed by atoms with Crippen molar-refractivity contribution in [1.82, 2.24) is 9.78 Å². The van der Waals surface area contributed by atoms with Crippen molar-refractivity contribution in [3.8, 4) is 0 Å². The highest BCUT2D eigenvalue weighted by Crippen LogP contribution is 2.62. The molecule has 0 saturated heterocycles. The molecule has 1 aromatic rings. The molecule has 1 aromatic heterocycles. The molecule has 0 aliphatic heterocycles. The van der Waals surface area contributed by atoms with E-state index in [9.17, 15) is 5.11 Å². The third-order valence-electron chi connectivity index (χ3n) is 6.06. The fourth-order valence-electron chi connectivity index (χ4n) is 5.40. The van der Waals surface area contributed by atoms with Crippen molar-refractivity contribution >= 4 is 11.6 Å². The Hall–Kier alpha value is -0.580. The third-order valence-corrected chi connectivity index (χ3v) is 6.34. The van der Waals surface area contributed by atoms with Crippen LogP contribution in [-0.2, 0) is 16.9 Å². The van der Waals surface area contributed by atoms with Crippen LogP contribution in [0, 0.1) is 23.7 Å². The Labute approximate surface area is 130 Å². The van der Waals surface area contributed by atoms with E-state index in [-0.39, 0.29) is 0 Å². The highest BCUT2D eigenvalue weighted by atomic mass is 35.5. The molecule has 4 aliphatic carbocycles. The van der Waals surface area contributed by atoms with Crippen LogP contribution < -0.4 is 0 Å². The van der Waals surface area contributed by atoms with Crippen LogP contribution in [0.3, 0.4) is 0 Å². The average molecular weight is 311 g/mol. The van der Waals surface area contributed by atoms with Crippen molar-refractivity contribution in [2.75, 3.05) is 13.7 Å². The molecule has 4 aliphatic rings. The van der Waals surface area contributed by atoms with Gasteiger partial charge in [0.25, 0.3) is 0 Å². The SMILES string of the molecule is COCCn1ncc(Cl)c1C1(O)C2CC3CC(C2)CC1C3. The van der Waals surface area contributed by atoms with Crippen LogP contribution in [0.1, 0.15) is 37.8 Å². The van der Waals surface area contributed by atoms with Gasteiger partial charge in [-0.25, -0.2) is 0 Å². The van der Waals surface area contributed by atoms with E-state index < -0.39 is 5.60 Å². The quantitative estimate of drug-likeness (QED) is 0.930. The van der Waals surface area contributed by atoms with E-state index in [1.165, 1.54) is 6.42 Å². The predicted octanol–water partition coefficient (Wildman–Crippen LogP) is 2.83. The van der Waals surface area contributed by atoms with Crippen molar-refractivity contribution in [3.63, 3.8) is 0 Å². The summed E-state index contributed by atoms with van der Waals surface area (Å²) in [6, 6.07) is 0. The van der Waals surface area contributed by atoms with Crippen LogP contribution >= 0.6 is 11.6 Å². The maximum absolute atomic E-state index is 11.6. The maximum Gasteiger partial charge on any atom is 0.113 e. The summed E-state index contributed by atoms with van der Waals surface area (Å²) in [5, 5.41) is 16.6. The van der Waals surface area contributed by atoms with Crippen molar-refractivity contribution in [3.05, 3.63) is 16.9 Å². The zero-order valence-corrected chi connectivity index (χ0v) is 13.2. The number of nitrogens with zero attached hydrogens (tertiary/aromatic N) is 2. The van der Waals surface area contributed by atoms with Gasteiger partial charge in [-0.1, -0.05) is 11.6 Å². The van der Waals surface area contributed by atoms with Gasteiger partial charge in [0.1, 0.15) is 5.60 Å². The molecule has 4 bridgehead atoms. The summed E-state index contributed by atoms with van der Waals surface area (Å²) in [6.45, 7) is 1.23. The first-order valence-electron chi connectivity index (χ1n) is 8.06. The Morgan fingerprint density at radius 1 is 1.29 bits per heavy atom. The van der Waals surface area contributed by atoms with Gasteiger partial charge in [0.15, 0.2) is 0 Å². The van der Waals surface area contributed by atoms with E-state index in [0.717, 1.165) is 43.2 Å². The second kappa shape index (κ2) is 4.97. The summed E-state index contributed by atoms with van der Waals surface area (Å²) in [4.78, 5) is 0. The lowest BCUT2D eigenvalue weighted by atomic mass is 9.49. The normalized spacial score (nSPS) is 40.9. The van der Waals surface area contributed by atoms with Crippen molar-refractivity contribution in [2.24, 2.45) is 23.7 Å². The Morgan fingerprint density at radius 2 is 1.90 bits per heavy atom. The van der Waals surface area contributed by atoms with E-state index in [2.05, 4.69) is 5.10 Å². The first kappa shape index (κ1) is 14.0. The molecule has 5 heteroatoms. The fraction of sp³-hybridized carbons (Fsp3) is 0.812. The molecule has 4 fully saturated rings. The lowest BCUT2D eigenvalue weighted by Crippen LogP contribution is -2.56. The number of hydrogen-bond acceptors (Lipinski definition) is 3. The molecule has 0 radical (unpaired) electrons. The summed E-state index contributed by atoms with van der Waals surface area (Å²) in [7, 11) is 1.68. The van der Waals surface area contributed by atoms with Gasteiger partial charge in [0, 0.05) is 7.11 Å². The molecule has 0 amide bonds. The molecule has 5 rings (SSSR count). The Balaban J connectivity index is 1.73. The lowest BCUT2D eigenvalue weighted by molar-refractivity contribution is -0.183. The van der Waals surface area contributed by atoms with Crippen LogP contribution in [0.5, 0.6) is 0 Å². The van der Waals surface area contributed by atoms with Gasteiger partial charge in [-0.3, -0.25) is 4.68 Å². The van der Waals surface area contributed by atoms with Crippen LogP contribution in [0.25, 0.3) is 0 Å². The number of methoxy groups -OCH3 is 1. The van der Waals surface area contributed by atoms with E-state index in [1.54, 1.807) is 13.3 Å². The molecule has 0 spiro atoms. The zero-order chi connectivity index (χ0) is 14.6. The number of rotatable bonds is 4. The third kappa shape index (κ3) is 1.99. The van der Waals surface area contributed by atoms with Crippen molar-refractivity contribution < 1.29 is 9.84 Å². The zero-order valence-electron chi connectivity index (χ0n) is 12.5. The van der Waals surface area contributed by atoms with E-state index in [1.807, 2.05) is 4.68 Å². The summed E-state index contributed by atoms with van der Waals surface area (Å²) in [5.74, 6) is 2.34. The number of aromatic nitrogens is 2. The highest BCUT2D eigenvalue weighted by Gasteiger charge is 2.59. The number of halogens is 1. The molecule has 116 valence electrons. The Morgan fingerprint density at radius 3 is 2.48 bits per heavy atom. The maximum atomic E-state index is 11.6. The van der Waals surface area contributed by atoms with E-state index >= 15 is 0 Å². The molecule has 0 unspecified atom stereocenters. The Kier molecular flexibility index (Phi) is 3.32. The largest absolute Gasteiger partial charge is 0.383 e.